The maximum absolute atomic E-state index is 11.5. The van der Waals surface area contributed by atoms with Gasteiger partial charge in [-0.05, 0) is 33.6 Å². The molecule has 0 saturated carbocycles. The van der Waals surface area contributed by atoms with Gasteiger partial charge in [-0.25, -0.2) is 4.79 Å². The summed E-state index contributed by atoms with van der Waals surface area (Å²) in [5, 5.41) is 12.0. The van der Waals surface area contributed by atoms with Crippen LogP contribution in [-0.2, 0) is 4.74 Å². The van der Waals surface area contributed by atoms with Gasteiger partial charge in [0.1, 0.15) is 5.60 Å². The van der Waals surface area contributed by atoms with E-state index in [4.69, 9.17) is 4.74 Å². The van der Waals surface area contributed by atoms with E-state index in [1.807, 2.05) is 32.9 Å². The largest absolute Gasteiger partial charge is 0.444 e. The zero-order valence-electron chi connectivity index (χ0n) is 10.2. The van der Waals surface area contributed by atoms with Crippen molar-refractivity contribution in [2.24, 2.45) is 5.92 Å². The van der Waals surface area contributed by atoms with Gasteiger partial charge in [0.2, 0.25) is 0 Å². The Morgan fingerprint density at radius 2 is 2.06 bits per heavy atom. The lowest BCUT2D eigenvalue weighted by Crippen LogP contribution is -2.44. The van der Waals surface area contributed by atoms with Gasteiger partial charge in [0.05, 0.1) is 0 Å². The zero-order valence-corrected chi connectivity index (χ0v) is 10.2. The van der Waals surface area contributed by atoms with Crippen LogP contribution in [0.4, 0.5) is 4.79 Å². The average Bonchev–Trinajstić information content (AvgIpc) is 2.15. The molecule has 16 heavy (non-hydrogen) atoms. The van der Waals surface area contributed by atoms with Crippen LogP contribution in [0.2, 0.25) is 0 Å². The third kappa shape index (κ3) is 4.23. The third-order valence-corrected chi connectivity index (χ3v) is 2.50. The van der Waals surface area contributed by atoms with Crippen molar-refractivity contribution in [3.05, 3.63) is 12.2 Å². The number of amides is 1. The van der Waals surface area contributed by atoms with Crippen LogP contribution >= 0.6 is 0 Å². The molecule has 0 aliphatic heterocycles. The monoisotopic (exact) mass is 227 g/mol. The Balaban J connectivity index is 2.46. The summed E-state index contributed by atoms with van der Waals surface area (Å²) in [6.45, 7) is 5.58. The first-order valence-electron chi connectivity index (χ1n) is 5.68. The molecule has 0 aromatic heterocycles. The first-order chi connectivity index (χ1) is 7.42. The van der Waals surface area contributed by atoms with Gasteiger partial charge < -0.3 is 15.2 Å². The number of hydrogen-bond acceptors (Lipinski definition) is 3. The van der Waals surface area contributed by atoms with E-state index in [9.17, 15) is 9.90 Å². The van der Waals surface area contributed by atoms with Gasteiger partial charge in [-0.3, -0.25) is 0 Å². The fourth-order valence-electron chi connectivity index (χ4n) is 1.71. The number of hydrogen-bond donors (Lipinski definition) is 2. The van der Waals surface area contributed by atoms with Gasteiger partial charge in [-0.1, -0.05) is 12.2 Å². The van der Waals surface area contributed by atoms with Crippen LogP contribution in [0, 0.1) is 5.92 Å². The molecule has 0 spiro atoms. The van der Waals surface area contributed by atoms with Gasteiger partial charge >= 0.3 is 6.09 Å². The molecule has 0 heterocycles. The first kappa shape index (κ1) is 13.0. The molecule has 0 bridgehead atoms. The molecule has 0 unspecified atom stereocenters. The second-order valence-electron chi connectivity index (χ2n) is 5.14. The highest BCUT2D eigenvalue weighted by Crippen LogP contribution is 2.19. The van der Waals surface area contributed by atoms with E-state index in [-0.39, 0.29) is 18.6 Å². The van der Waals surface area contributed by atoms with Crippen molar-refractivity contribution < 1.29 is 14.6 Å². The van der Waals surface area contributed by atoms with E-state index in [1.165, 1.54) is 0 Å². The van der Waals surface area contributed by atoms with Crippen LogP contribution in [-0.4, -0.2) is 29.4 Å². The van der Waals surface area contributed by atoms with E-state index in [0.29, 0.717) is 0 Å². The predicted octanol–water partition coefficient (Wildman–Crippen LogP) is 1.84. The van der Waals surface area contributed by atoms with Crippen LogP contribution < -0.4 is 5.32 Å². The Morgan fingerprint density at radius 3 is 2.62 bits per heavy atom. The van der Waals surface area contributed by atoms with Gasteiger partial charge in [-0.15, -0.1) is 0 Å². The Morgan fingerprint density at radius 1 is 1.44 bits per heavy atom. The van der Waals surface area contributed by atoms with E-state index >= 15 is 0 Å². The Hall–Kier alpha value is -1.03. The summed E-state index contributed by atoms with van der Waals surface area (Å²) in [5.41, 5.74) is -0.483. The number of nitrogens with one attached hydrogen (secondary N) is 1. The number of carbonyl (C=O) groups excluding carboxylic acids is 1. The molecule has 92 valence electrons. The lowest BCUT2D eigenvalue weighted by Gasteiger charge is -2.29. The maximum atomic E-state index is 11.5. The fourth-order valence-corrected chi connectivity index (χ4v) is 1.71. The third-order valence-electron chi connectivity index (χ3n) is 2.50. The van der Waals surface area contributed by atoms with Crippen molar-refractivity contribution in [1.82, 2.24) is 5.32 Å². The molecular weight excluding hydrogens is 206 g/mol. The second-order valence-corrected chi connectivity index (χ2v) is 5.14. The van der Waals surface area contributed by atoms with E-state index < -0.39 is 11.7 Å². The Bertz CT molecular complexity index is 268. The summed E-state index contributed by atoms with van der Waals surface area (Å²) in [7, 11) is 0. The highest BCUT2D eigenvalue weighted by atomic mass is 16.6. The van der Waals surface area contributed by atoms with E-state index in [2.05, 4.69) is 5.32 Å². The molecule has 1 aliphatic carbocycles. The standard InChI is InChI=1S/C12H21NO3/c1-12(2,3)16-11(15)13-10-7-5-4-6-9(10)8-14/h4-5,9-10,14H,6-8H2,1-3H3,(H,13,15)/t9-,10-/m0/s1. The number of alkyl carbamates (subject to hydrolysis) is 1. The van der Waals surface area contributed by atoms with Crippen molar-refractivity contribution in [2.75, 3.05) is 6.61 Å². The number of allylic oxidation sites excluding steroid dienone is 1. The lowest BCUT2D eigenvalue weighted by molar-refractivity contribution is 0.0469. The van der Waals surface area contributed by atoms with Crippen LogP contribution in [0.15, 0.2) is 12.2 Å². The lowest BCUT2D eigenvalue weighted by atomic mass is 9.90. The maximum Gasteiger partial charge on any atom is 0.407 e. The molecule has 0 fully saturated rings. The van der Waals surface area contributed by atoms with E-state index in [0.717, 1.165) is 12.8 Å². The summed E-state index contributed by atoms with van der Waals surface area (Å²) in [4.78, 5) is 11.5. The van der Waals surface area contributed by atoms with Crippen molar-refractivity contribution in [3.63, 3.8) is 0 Å². The van der Waals surface area contributed by atoms with Crippen molar-refractivity contribution in [3.8, 4) is 0 Å². The van der Waals surface area contributed by atoms with Crippen LogP contribution in [0.3, 0.4) is 0 Å². The molecule has 0 aromatic rings. The quantitative estimate of drug-likeness (QED) is 0.708. The molecule has 2 atom stereocenters. The van der Waals surface area contributed by atoms with Gasteiger partial charge in [0, 0.05) is 18.6 Å². The molecule has 0 saturated heterocycles. The predicted molar refractivity (Wildman–Crippen MR) is 62.1 cm³/mol. The molecule has 2 N–H and O–H groups in total. The van der Waals surface area contributed by atoms with Crippen molar-refractivity contribution >= 4 is 6.09 Å². The first-order valence-corrected chi connectivity index (χ1v) is 5.68. The summed E-state index contributed by atoms with van der Waals surface area (Å²) in [5.74, 6) is 0.0949. The van der Waals surface area contributed by atoms with E-state index in [1.54, 1.807) is 0 Å². The number of rotatable bonds is 2. The highest BCUT2D eigenvalue weighted by Gasteiger charge is 2.25. The summed E-state index contributed by atoms with van der Waals surface area (Å²) in [6.07, 6.45) is 5.20. The number of aliphatic hydroxyl groups is 1. The molecular formula is C12H21NO3. The molecule has 4 heteroatoms. The van der Waals surface area contributed by atoms with Crippen molar-refractivity contribution in [2.45, 2.75) is 45.3 Å². The van der Waals surface area contributed by atoms with Gasteiger partial charge in [0.25, 0.3) is 0 Å². The van der Waals surface area contributed by atoms with Gasteiger partial charge in [0.15, 0.2) is 0 Å². The summed E-state index contributed by atoms with van der Waals surface area (Å²) < 4.78 is 5.18. The Labute approximate surface area is 96.7 Å². The zero-order chi connectivity index (χ0) is 12.2. The number of aliphatic hydroxyl groups excluding tert-OH is 1. The van der Waals surface area contributed by atoms with Crippen LogP contribution in [0.1, 0.15) is 33.6 Å². The molecule has 1 rings (SSSR count). The molecule has 0 radical (unpaired) electrons. The number of carbonyl (C=O) groups is 1. The van der Waals surface area contributed by atoms with Crippen LogP contribution in [0.5, 0.6) is 0 Å². The smallest absolute Gasteiger partial charge is 0.407 e. The summed E-state index contributed by atoms with van der Waals surface area (Å²) in [6, 6.07) is -0.0233. The van der Waals surface area contributed by atoms with Crippen molar-refractivity contribution in [1.29, 1.82) is 0 Å². The minimum Gasteiger partial charge on any atom is -0.444 e. The molecule has 1 aliphatic rings. The normalized spacial score (nSPS) is 25.2. The minimum absolute atomic E-state index is 0.0233. The number of ether oxygens (including phenoxy) is 1. The second kappa shape index (κ2) is 5.34. The van der Waals surface area contributed by atoms with Gasteiger partial charge in [-0.2, -0.15) is 0 Å². The highest BCUT2D eigenvalue weighted by molar-refractivity contribution is 5.68. The molecule has 0 aromatic carbocycles. The topological polar surface area (TPSA) is 58.6 Å². The van der Waals surface area contributed by atoms with Crippen LogP contribution in [0.25, 0.3) is 0 Å². The average molecular weight is 227 g/mol. The molecule has 1 amide bonds. The minimum atomic E-state index is -0.483. The fraction of sp³-hybridized carbons (Fsp3) is 0.750. The SMILES string of the molecule is CC(C)(C)OC(=O)N[C@H]1CC=CC[C@H]1CO. The Kier molecular flexibility index (Phi) is 4.35. The molecule has 4 nitrogen and oxygen atoms in total. The summed E-state index contributed by atoms with van der Waals surface area (Å²) >= 11 is 0.